The third-order valence-electron chi connectivity index (χ3n) is 5.77. The van der Waals surface area contributed by atoms with E-state index in [2.05, 4.69) is 64.0 Å². The summed E-state index contributed by atoms with van der Waals surface area (Å²) >= 11 is 0. The van der Waals surface area contributed by atoms with E-state index in [1.165, 1.54) is 11.3 Å². The summed E-state index contributed by atoms with van der Waals surface area (Å²) in [5.41, 5.74) is 2.55. The molecule has 144 valence electrons. The van der Waals surface area contributed by atoms with Gasteiger partial charge in [-0.1, -0.05) is 30.3 Å². The van der Waals surface area contributed by atoms with Crippen LogP contribution < -0.4 is 0 Å². The summed E-state index contributed by atoms with van der Waals surface area (Å²) in [6.07, 6.45) is 4.65. The molecule has 3 heterocycles. The standard InChI is InChI=1S/C22H29N3O2/c1-23-11-5-9-20(23)21-10-6-12-25(21)22(26)15-19-17-24(13-14-27-19)16-18-7-3-2-4-8-18/h2-5,7-9,11,19,21H,6,10,12-17H2,1H3. The van der Waals surface area contributed by atoms with Crippen molar-refractivity contribution in [3.63, 3.8) is 0 Å². The van der Waals surface area contributed by atoms with E-state index < -0.39 is 0 Å². The number of morpholine rings is 1. The Bertz CT molecular complexity index is 758. The minimum atomic E-state index is -0.00961. The lowest BCUT2D eigenvalue weighted by atomic mass is 10.1. The summed E-state index contributed by atoms with van der Waals surface area (Å²) < 4.78 is 8.07. The molecular weight excluding hydrogens is 338 g/mol. The molecule has 5 nitrogen and oxygen atoms in total. The average Bonchev–Trinajstić information content (AvgIpc) is 3.31. The summed E-state index contributed by atoms with van der Waals surface area (Å²) in [5.74, 6) is 0.227. The van der Waals surface area contributed by atoms with Crippen molar-refractivity contribution in [1.29, 1.82) is 0 Å². The summed E-state index contributed by atoms with van der Waals surface area (Å²) in [6.45, 7) is 4.23. The summed E-state index contributed by atoms with van der Waals surface area (Å²) in [6, 6.07) is 14.9. The van der Waals surface area contributed by atoms with Crippen LogP contribution in [0.1, 0.15) is 36.6 Å². The van der Waals surface area contributed by atoms with Crippen LogP contribution in [0, 0.1) is 0 Å². The van der Waals surface area contributed by atoms with Crippen LogP contribution in [0.5, 0.6) is 0 Å². The monoisotopic (exact) mass is 367 g/mol. The minimum absolute atomic E-state index is 0.00961. The van der Waals surface area contributed by atoms with E-state index in [-0.39, 0.29) is 18.1 Å². The molecule has 5 heteroatoms. The highest BCUT2D eigenvalue weighted by Crippen LogP contribution is 2.32. The van der Waals surface area contributed by atoms with Gasteiger partial charge in [-0.05, 0) is 30.5 Å². The number of likely N-dealkylation sites (tertiary alicyclic amines) is 1. The number of carbonyl (C=O) groups excluding carboxylic acids is 1. The number of hydrogen-bond donors (Lipinski definition) is 0. The van der Waals surface area contributed by atoms with E-state index >= 15 is 0 Å². The maximum atomic E-state index is 13.0. The molecule has 2 aliphatic rings. The van der Waals surface area contributed by atoms with Crippen LogP contribution in [-0.2, 0) is 23.1 Å². The Morgan fingerprint density at radius 1 is 1.15 bits per heavy atom. The normalized spacial score (nSPS) is 23.7. The van der Waals surface area contributed by atoms with Gasteiger partial charge in [0, 0.05) is 45.1 Å². The predicted octanol–water partition coefficient (Wildman–Crippen LogP) is 2.98. The molecule has 0 spiro atoms. The van der Waals surface area contributed by atoms with Crippen molar-refractivity contribution in [3.05, 3.63) is 59.9 Å². The first-order valence-corrected chi connectivity index (χ1v) is 9.99. The van der Waals surface area contributed by atoms with Crippen molar-refractivity contribution in [2.45, 2.75) is 38.0 Å². The SMILES string of the molecule is Cn1cccc1C1CCCN1C(=O)CC1CN(Cc2ccccc2)CCO1. The Balaban J connectivity index is 1.35. The first-order valence-electron chi connectivity index (χ1n) is 9.99. The van der Waals surface area contributed by atoms with E-state index in [0.717, 1.165) is 39.0 Å². The molecule has 2 aliphatic heterocycles. The van der Waals surface area contributed by atoms with Gasteiger partial charge in [-0.15, -0.1) is 0 Å². The molecule has 2 saturated heterocycles. The lowest BCUT2D eigenvalue weighted by Crippen LogP contribution is -2.44. The van der Waals surface area contributed by atoms with Gasteiger partial charge < -0.3 is 14.2 Å². The topological polar surface area (TPSA) is 37.7 Å². The van der Waals surface area contributed by atoms with Crippen LogP contribution in [0.2, 0.25) is 0 Å². The van der Waals surface area contributed by atoms with Crippen LogP contribution in [0.25, 0.3) is 0 Å². The van der Waals surface area contributed by atoms with Crippen LogP contribution >= 0.6 is 0 Å². The number of aryl methyl sites for hydroxylation is 1. The molecule has 1 amide bonds. The molecule has 0 bridgehead atoms. The van der Waals surface area contributed by atoms with Gasteiger partial charge in [0.1, 0.15) is 0 Å². The van der Waals surface area contributed by atoms with Crippen molar-refractivity contribution in [3.8, 4) is 0 Å². The van der Waals surface area contributed by atoms with E-state index in [1.54, 1.807) is 0 Å². The Hall–Kier alpha value is -2.11. The van der Waals surface area contributed by atoms with Gasteiger partial charge in [0.05, 0.1) is 25.2 Å². The number of aromatic nitrogens is 1. The number of hydrogen-bond acceptors (Lipinski definition) is 3. The molecule has 4 rings (SSSR count). The molecular formula is C22H29N3O2. The van der Waals surface area contributed by atoms with Crippen molar-refractivity contribution in [2.24, 2.45) is 7.05 Å². The zero-order valence-electron chi connectivity index (χ0n) is 16.1. The van der Waals surface area contributed by atoms with Gasteiger partial charge in [-0.25, -0.2) is 0 Å². The van der Waals surface area contributed by atoms with Crippen molar-refractivity contribution >= 4 is 5.91 Å². The van der Waals surface area contributed by atoms with Gasteiger partial charge >= 0.3 is 0 Å². The summed E-state index contributed by atoms with van der Waals surface area (Å²) in [7, 11) is 2.06. The quantitative estimate of drug-likeness (QED) is 0.815. The molecule has 0 N–H and O–H groups in total. The molecule has 2 aromatic rings. The fraction of sp³-hybridized carbons (Fsp3) is 0.500. The third kappa shape index (κ3) is 4.25. The maximum Gasteiger partial charge on any atom is 0.225 e. The van der Waals surface area contributed by atoms with Crippen molar-refractivity contribution in [1.82, 2.24) is 14.4 Å². The number of benzene rings is 1. The largest absolute Gasteiger partial charge is 0.375 e. The fourth-order valence-electron chi connectivity index (χ4n) is 4.39. The average molecular weight is 367 g/mol. The van der Waals surface area contributed by atoms with Crippen molar-refractivity contribution < 1.29 is 9.53 Å². The maximum absolute atomic E-state index is 13.0. The first kappa shape index (κ1) is 18.3. The van der Waals surface area contributed by atoms with Crippen LogP contribution in [0.3, 0.4) is 0 Å². The first-order chi connectivity index (χ1) is 13.2. The molecule has 27 heavy (non-hydrogen) atoms. The molecule has 0 aliphatic carbocycles. The molecule has 1 aromatic carbocycles. The smallest absolute Gasteiger partial charge is 0.225 e. The van der Waals surface area contributed by atoms with E-state index in [1.807, 2.05) is 6.07 Å². The minimum Gasteiger partial charge on any atom is -0.375 e. The van der Waals surface area contributed by atoms with Gasteiger partial charge in [0.2, 0.25) is 5.91 Å². The van der Waals surface area contributed by atoms with Gasteiger partial charge in [-0.2, -0.15) is 0 Å². The van der Waals surface area contributed by atoms with E-state index in [0.29, 0.717) is 13.0 Å². The van der Waals surface area contributed by atoms with Gasteiger partial charge in [0.25, 0.3) is 0 Å². The number of ether oxygens (including phenoxy) is 1. The number of nitrogens with zero attached hydrogens (tertiary/aromatic N) is 3. The zero-order chi connectivity index (χ0) is 18.6. The van der Waals surface area contributed by atoms with Gasteiger partial charge in [-0.3, -0.25) is 9.69 Å². The van der Waals surface area contributed by atoms with Crippen LogP contribution in [0.4, 0.5) is 0 Å². The molecule has 2 unspecified atom stereocenters. The predicted molar refractivity (Wildman–Crippen MR) is 105 cm³/mol. The second-order valence-corrected chi connectivity index (χ2v) is 7.71. The molecule has 0 saturated carbocycles. The lowest BCUT2D eigenvalue weighted by Gasteiger charge is -2.34. The third-order valence-corrected chi connectivity index (χ3v) is 5.77. The Morgan fingerprint density at radius 3 is 2.78 bits per heavy atom. The van der Waals surface area contributed by atoms with Crippen molar-refractivity contribution in [2.75, 3.05) is 26.2 Å². The second kappa shape index (κ2) is 8.28. The Kier molecular flexibility index (Phi) is 5.60. The van der Waals surface area contributed by atoms with Crippen LogP contribution in [-0.4, -0.2) is 52.6 Å². The second-order valence-electron chi connectivity index (χ2n) is 7.71. The highest BCUT2D eigenvalue weighted by atomic mass is 16.5. The lowest BCUT2D eigenvalue weighted by molar-refractivity contribution is -0.137. The van der Waals surface area contributed by atoms with Gasteiger partial charge in [0.15, 0.2) is 0 Å². The number of rotatable bonds is 5. The van der Waals surface area contributed by atoms with Crippen LogP contribution in [0.15, 0.2) is 48.7 Å². The summed E-state index contributed by atoms with van der Waals surface area (Å²) in [4.78, 5) is 17.5. The Labute approximate surface area is 161 Å². The highest BCUT2D eigenvalue weighted by Gasteiger charge is 2.33. The molecule has 0 radical (unpaired) electrons. The molecule has 1 aromatic heterocycles. The highest BCUT2D eigenvalue weighted by molar-refractivity contribution is 5.77. The summed E-state index contributed by atoms with van der Waals surface area (Å²) in [5, 5.41) is 0. The van der Waals surface area contributed by atoms with E-state index in [9.17, 15) is 4.79 Å². The fourth-order valence-corrected chi connectivity index (χ4v) is 4.39. The molecule has 2 atom stereocenters. The van der Waals surface area contributed by atoms with E-state index in [4.69, 9.17) is 4.74 Å². The Morgan fingerprint density at radius 2 is 2.00 bits per heavy atom. The molecule has 2 fully saturated rings. The number of amides is 1. The number of carbonyl (C=O) groups is 1. The zero-order valence-corrected chi connectivity index (χ0v) is 16.1.